The summed E-state index contributed by atoms with van der Waals surface area (Å²) in [6, 6.07) is 9.73. The van der Waals surface area contributed by atoms with E-state index in [1.165, 1.54) is 6.08 Å². The first kappa shape index (κ1) is 14.7. The van der Waals surface area contributed by atoms with E-state index in [2.05, 4.69) is 10.3 Å². The van der Waals surface area contributed by atoms with Crippen LogP contribution in [0.4, 0.5) is 0 Å². The predicted molar refractivity (Wildman–Crippen MR) is 80.1 cm³/mol. The lowest BCUT2D eigenvalue weighted by Crippen LogP contribution is -2.39. The van der Waals surface area contributed by atoms with E-state index in [9.17, 15) is 9.59 Å². The van der Waals surface area contributed by atoms with E-state index in [4.69, 9.17) is 5.11 Å². The number of hydrogen-bond acceptors (Lipinski definition) is 3. The molecule has 2 N–H and O–H groups in total. The Morgan fingerprint density at radius 2 is 1.90 bits per heavy atom. The molecule has 1 atom stereocenters. The van der Waals surface area contributed by atoms with Gasteiger partial charge in [-0.15, -0.1) is 0 Å². The fourth-order valence-corrected chi connectivity index (χ4v) is 1.92. The highest BCUT2D eigenvalue weighted by molar-refractivity contribution is 5.97. The van der Waals surface area contributed by atoms with Gasteiger partial charge in [-0.2, -0.15) is 0 Å². The minimum absolute atomic E-state index is 0.196. The van der Waals surface area contributed by atoms with Crippen LogP contribution in [0.5, 0.6) is 0 Å². The van der Waals surface area contributed by atoms with Crippen LogP contribution in [-0.4, -0.2) is 28.0 Å². The van der Waals surface area contributed by atoms with Crippen molar-refractivity contribution in [3.63, 3.8) is 0 Å². The molecule has 108 valence electrons. The maximum atomic E-state index is 12.1. The number of carbonyl (C=O) groups excluding carboxylic acids is 1. The maximum Gasteiger partial charge on any atom is 0.330 e. The molecule has 0 fully saturated rings. The number of para-hydroxylation sites is 1. The normalized spacial score (nSPS) is 11.7. The summed E-state index contributed by atoms with van der Waals surface area (Å²) in [7, 11) is 0. The van der Waals surface area contributed by atoms with Crippen LogP contribution in [0.2, 0.25) is 0 Å². The summed E-state index contributed by atoms with van der Waals surface area (Å²) in [5.74, 6) is -1.61. The molecule has 1 aromatic heterocycles. The Bertz CT molecular complexity index is 718. The monoisotopic (exact) mass is 284 g/mol. The van der Waals surface area contributed by atoms with E-state index < -0.39 is 17.9 Å². The quantitative estimate of drug-likeness (QED) is 0.845. The molecule has 0 aliphatic heterocycles. The number of pyridine rings is 1. The van der Waals surface area contributed by atoms with Gasteiger partial charge in [0.05, 0.1) is 5.52 Å². The van der Waals surface area contributed by atoms with Crippen LogP contribution in [0.25, 0.3) is 10.9 Å². The molecule has 2 aromatic rings. The van der Waals surface area contributed by atoms with Gasteiger partial charge >= 0.3 is 5.97 Å². The van der Waals surface area contributed by atoms with Gasteiger partial charge in [0.25, 0.3) is 5.91 Å². The van der Waals surface area contributed by atoms with Gasteiger partial charge in [-0.05, 0) is 26.0 Å². The van der Waals surface area contributed by atoms with Crippen LogP contribution >= 0.6 is 0 Å². The number of aromatic nitrogens is 1. The summed E-state index contributed by atoms with van der Waals surface area (Å²) in [5, 5.41) is 12.5. The minimum Gasteiger partial charge on any atom is -0.479 e. The molecule has 1 heterocycles. The molecule has 0 aliphatic carbocycles. The van der Waals surface area contributed by atoms with Gasteiger partial charge in [0.1, 0.15) is 11.7 Å². The number of nitrogens with zero attached hydrogens (tertiary/aromatic N) is 1. The molecule has 21 heavy (non-hydrogen) atoms. The van der Waals surface area contributed by atoms with Crippen molar-refractivity contribution in [1.82, 2.24) is 10.3 Å². The second-order valence-corrected chi connectivity index (χ2v) is 4.92. The highest BCUT2D eigenvalue weighted by Crippen LogP contribution is 2.12. The third-order valence-electron chi connectivity index (χ3n) is 2.88. The number of fused-ring (bicyclic) bond motifs is 1. The average molecular weight is 284 g/mol. The van der Waals surface area contributed by atoms with Crippen molar-refractivity contribution in [3.8, 4) is 0 Å². The Kier molecular flexibility index (Phi) is 4.33. The number of aliphatic carboxylic acids is 1. The minimum atomic E-state index is -1.11. The lowest BCUT2D eigenvalue weighted by atomic mass is 10.1. The Labute approximate surface area is 122 Å². The van der Waals surface area contributed by atoms with Crippen molar-refractivity contribution in [2.45, 2.75) is 19.9 Å². The Hall–Kier alpha value is -2.69. The molecule has 0 radical (unpaired) electrons. The summed E-state index contributed by atoms with van der Waals surface area (Å²) in [6.45, 7) is 3.55. The van der Waals surface area contributed by atoms with Crippen molar-refractivity contribution in [2.24, 2.45) is 0 Å². The Morgan fingerprint density at radius 3 is 2.57 bits per heavy atom. The summed E-state index contributed by atoms with van der Waals surface area (Å²) < 4.78 is 0. The first-order valence-electron chi connectivity index (χ1n) is 6.52. The summed E-state index contributed by atoms with van der Waals surface area (Å²) >= 11 is 0. The van der Waals surface area contributed by atoms with Gasteiger partial charge < -0.3 is 10.4 Å². The zero-order chi connectivity index (χ0) is 15.4. The van der Waals surface area contributed by atoms with E-state index in [1.807, 2.05) is 18.2 Å². The van der Waals surface area contributed by atoms with Gasteiger partial charge in [-0.25, -0.2) is 9.78 Å². The molecule has 0 saturated carbocycles. The van der Waals surface area contributed by atoms with Crippen molar-refractivity contribution in [2.75, 3.05) is 0 Å². The van der Waals surface area contributed by atoms with Crippen LogP contribution < -0.4 is 5.32 Å². The first-order valence-corrected chi connectivity index (χ1v) is 6.52. The topological polar surface area (TPSA) is 79.3 Å². The zero-order valence-corrected chi connectivity index (χ0v) is 11.8. The predicted octanol–water partition coefficient (Wildman–Crippen LogP) is 2.38. The van der Waals surface area contributed by atoms with E-state index in [-0.39, 0.29) is 5.69 Å². The SMILES string of the molecule is CC(C)=CC(NC(=O)c1ccc2ccccc2n1)C(=O)O. The molecule has 5 nitrogen and oxygen atoms in total. The highest BCUT2D eigenvalue weighted by Gasteiger charge is 2.19. The van der Waals surface area contributed by atoms with Gasteiger partial charge in [0.15, 0.2) is 0 Å². The fraction of sp³-hybridized carbons (Fsp3) is 0.188. The number of amides is 1. The Morgan fingerprint density at radius 1 is 1.19 bits per heavy atom. The lowest BCUT2D eigenvalue weighted by Gasteiger charge is -2.11. The van der Waals surface area contributed by atoms with Crippen molar-refractivity contribution >= 4 is 22.8 Å². The van der Waals surface area contributed by atoms with Gasteiger partial charge in [0, 0.05) is 5.39 Å². The summed E-state index contributed by atoms with van der Waals surface area (Å²) in [6.07, 6.45) is 1.49. The summed E-state index contributed by atoms with van der Waals surface area (Å²) in [4.78, 5) is 27.5. The molecular formula is C16H16N2O3. The number of rotatable bonds is 4. The number of carboxylic acids is 1. The zero-order valence-electron chi connectivity index (χ0n) is 11.8. The number of nitrogens with one attached hydrogen (secondary N) is 1. The van der Waals surface area contributed by atoms with Crippen molar-refractivity contribution in [1.29, 1.82) is 0 Å². The molecule has 0 saturated heterocycles. The van der Waals surface area contributed by atoms with Crippen LogP contribution in [0.15, 0.2) is 48.0 Å². The number of allylic oxidation sites excluding steroid dienone is 1. The first-order chi connectivity index (χ1) is 9.97. The van der Waals surface area contributed by atoms with E-state index in [0.29, 0.717) is 5.52 Å². The fourth-order valence-electron chi connectivity index (χ4n) is 1.92. The largest absolute Gasteiger partial charge is 0.479 e. The third kappa shape index (κ3) is 3.66. The number of benzene rings is 1. The molecule has 1 aromatic carbocycles. The molecule has 2 rings (SSSR count). The smallest absolute Gasteiger partial charge is 0.330 e. The maximum absolute atomic E-state index is 12.1. The number of carbonyl (C=O) groups is 2. The molecule has 5 heteroatoms. The second kappa shape index (κ2) is 6.17. The van der Waals surface area contributed by atoms with Gasteiger partial charge in [-0.1, -0.05) is 35.9 Å². The third-order valence-corrected chi connectivity index (χ3v) is 2.88. The molecular weight excluding hydrogens is 268 g/mol. The Balaban J connectivity index is 2.25. The molecule has 1 amide bonds. The highest BCUT2D eigenvalue weighted by atomic mass is 16.4. The van der Waals surface area contributed by atoms with E-state index in [1.54, 1.807) is 32.0 Å². The lowest BCUT2D eigenvalue weighted by molar-refractivity contribution is -0.137. The van der Waals surface area contributed by atoms with Gasteiger partial charge in [0.2, 0.25) is 0 Å². The van der Waals surface area contributed by atoms with Crippen LogP contribution in [-0.2, 0) is 4.79 Å². The van der Waals surface area contributed by atoms with Crippen LogP contribution in [0.1, 0.15) is 24.3 Å². The second-order valence-electron chi connectivity index (χ2n) is 4.92. The van der Waals surface area contributed by atoms with E-state index >= 15 is 0 Å². The summed E-state index contributed by atoms with van der Waals surface area (Å²) in [5.41, 5.74) is 1.70. The van der Waals surface area contributed by atoms with Crippen molar-refractivity contribution < 1.29 is 14.7 Å². The molecule has 1 unspecified atom stereocenters. The number of hydrogen-bond donors (Lipinski definition) is 2. The molecule has 0 aliphatic rings. The molecule has 0 bridgehead atoms. The standard InChI is InChI=1S/C16H16N2O3/c1-10(2)9-14(16(20)21)18-15(19)13-8-7-11-5-3-4-6-12(11)17-13/h3-9,14H,1-2H3,(H,18,19)(H,20,21). The van der Waals surface area contributed by atoms with Crippen molar-refractivity contribution in [3.05, 3.63) is 53.7 Å². The van der Waals surface area contributed by atoms with Gasteiger partial charge in [-0.3, -0.25) is 4.79 Å². The average Bonchev–Trinajstić information content (AvgIpc) is 2.45. The number of carboxylic acid groups (broad SMARTS) is 1. The molecule has 0 spiro atoms. The van der Waals surface area contributed by atoms with E-state index in [0.717, 1.165) is 11.0 Å². The van der Waals surface area contributed by atoms with Crippen LogP contribution in [0, 0.1) is 0 Å². The van der Waals surface area contributed by atoms with Crippen LogP contribution in [0.3, 0.4) is 0 Å².